The van der Waals surface area contributed by atoms with Crippen molar-refractivity contribution in [3.63, 3.8) is 0 Å². The Morgan fingerprint density at radius 3 is 2.48 bits per heavy atom. The van der Waals surface area contributed by atoms with Crippen molar-refractivity contribution in [3.8, 4) is 0 Å². The Kier molecular flexibility index (Phi) is 5.13. The van der Waals surface area contributed by atoms with Crippen molar-refractivity contribution in [2.75, 3.05) is 10.7 Å². The average Bonchev–Trinajstić information content (AvgIpc) is 2.87. The number of thioether (sulfide) groups is 1. The van der Waals surface area contributed by atoms with Crippen molar-refractivity contribution in [1.29, 1.82) is 0 Å². The first kappa shape index (κ1) is 18.7. The molecular formula is C15H10Br2F3N3OS. The molecule has 1 aliphatic rings. The van der Waals surface area contributed by atoms with Crippen molar-refractivity contribution in [2.24, 2.45) is 0 Å². The molecule has 0 N–H and O–H groups in total. The molecule has 1 aliphatic heterocycles. The highest BCUT2D eigenvalue weighted by Gasteiger charge is 2.40. The van der Waals surface area contributed by atoms with Crippen molar-refractivity contribution in [2.45, 2.75) is 18.5 Å². The van der Waals surface area contributed by atoms with Crippen LogP contribution in [0.15, 0.2) is 33.2 Å². The van der Waals surface area contributed by atoms with Crippen LogP contribution < -0.4 is 4.90 Å². The number of benzene rings is 1. The fourth-order valence-electron chi connectivity index (χ4n) is 2.41. The number of aromatic nitrogens is 2. The van der Waals surface area contributed by atoms with E-state index in [0.29, 0.717) is 0 Å². The Morgan fingerprint density at radius 2 is 1.88 bits per heavy atom. The second kappa shape index (κ2) is 6.88. The van der Waals surface area contributed by atoms with Crippen molar-refractivity contribution >= 4 is 55.5 Å². The van der Waals surface area contributed by atoms with Crippen molar-refractivity contribution < 1.29 is 18.0 Å². The van der Waals surface area contributed by atoms with Gasteiger partial charge in [-0.25, -0.2) is 9.97 Å². The summed E-state index contributed by atoms with van der Waals surface area (Å²) in [6, 6.07) is 6.29. The summed E-state index contributed by atoms with van der Waals surface area (Å²) in [5, 5.41) is -0.527. The molecule has 4 nitrogen and oxygen atoms in total. The Morgan fingerprint density at radius 1 is 1.24 bits per heavy atom. The van der Waals surface area contributed by atoms with E-state index < -0.39 is 17.2 Å². The zero-order valence-corrected chi connectivity index (χ0v) is 16.6. The topological polar surface area (TPSA) is 46.1 Å². The summed E-state index contributed by atoms with van der Waals surface area (Å²) >= 11 is 8.18. The predicted octanol–water partition coefficient (Wildman–Crippen LogP) is 5.11. The number of amides is 1. The number of anilines is 1. The third-order valence-electron chi connectivity index (χ3n) is 3.46. The van der Waals surface area contributed by atoms with E-state index in [0.717, 1.165) is 20.6 Å². The smallest absolute Gasteiger partial charge is 0.273 e. The summed E-state index contributed by atoms with van der Waals surface area (Å²) in [4.78, 5) is 21.2. The van der Waals surface area contributed by atoms with Gasteiger partial charge < -0.3 is 0 Å². The quantitative estimate of drug-likeness (QED) is 0.579. The number of aryl methyl sites for hydroxylation is 1. The standard InChI is InChI=1S/C15H10Br2F3N3OS/c1-7-5-10(15(18,19)20)22-14(21-7)23-11(24)6-25-13(23)12-8(16)3-2-4-9(12)17/h2-5,13H,6H2,1H3/t13-/m1/s1. The zero-order chi connectivity index (χ0) is 18.4. The van der Waals surface area contributed by atoms with Gasteiger partial charge in [-0.2, -0.15) is 13.2 Å². The van der Waals surface area contributed by atoms with E-state index in [4.69, 9.17) is 0 Å². The molecule has 0 bridgehead atoms. The van der Waals surface area contributed by atoms with E-state index in [2.05, 4.69) is 41.8 Å². The molecule has 0 unspecified atom stereocenters. The highest BCUT2D eigenvalue weighted by Crippen LogP contribution is 2.46. The van der Waals surface area contributed by atoms with Crippen LogP contribution in [0.1, 0.15) is 22.3 Å². The number of carbonyl (C=O) groups excluding carboxylic acids is 1. The lowest BCUT2D eigenvalue weighted by molar-refractivity contribution is -0.141. The van der Waals surface area contributed by atoms with E-state index in [1.807, 2.05) is 6.07 Å². The van der Waals surface area contributed by atoms with Gasteiger partial charge in [0.15, 0.2) is 0 Å². The minimum absolute atomic E-state index is 0.136. The van der Waals surface area contributed by atoms with Crippen LogP contribution in [-0.4, -0.2) is 21.6 Å². The minimum Gasteiger partial charge on any atom is -0.273 e. The van der Waals surface area contributed by atoms with E-state index in [-0.39, 0.29) is 23.3 Å². The number of nitrogens with zero attached hydrogens (tertiary/aromatic N) is 3. The largest absolute Gasteiger partial charge is 0.433 e. The van der Waals surface area contributed by atoms with Crippen LogP contribution in [0.25, 0.3) is 0 Å². The molecule has 0 aliphatic carbocycles. The minimum atomic E-state index is -4.61. The third kappa shape index (κ3) is 3.70. The van der Waals surface area contributed by atoms with Gasteiger partial charge in [0.25, 0.3) is 0 Å². The van der Waals surface area contributed by atoms with Crippen molar-refractivity contribution in [3.05, 3.63) is 50.2 Å². The molecule has 1 atom stereocenters. The van der Waals surface area contributed by atoms with Crippen LogP contribution in [0.3, 0.4) is 0 Å². The fraction of sp³-hybridized carbons (Fsp3) is 0.267. The third-order valence-corrected chi connectivity index (χ3v) is 6.02. The molecule has 1 aromatic carbocycles. The maximum Gasteiger partial charge on any atom is 0.433 e. The van der Waals surface area contributed by atoms with Gasteiger partial charge in [0.1, 0.15) is 11.1 Å². The van der Waals surface area contributed by atoms with Crippen LogP contribution in [0.5, 0.6) is 0 Å². The Bertz CT molecular complexity index is 827. The first-order valence-corrected chi connectivity index (χ1v) is 9.62. The van der Waals surface area contributed by atoms with Crippen LogP contribution in [-0.2, 0) is 11.0 Å². The van der Waals surface area contributed by atoms with E-state index in [1.54, 1.807) is 12.1 Å². The number of halogens is 5. The molecule has 25 heavy (non-hydrogen) atoms. The number of carbonyl (C=O) groups is 1. The monoisotopic (exact) mass is 495 g/mol. The lowest BCUT2D eigenvalue weighted by Crippen LogP contribution is -2.31. The van der Waals surface area contributed by atoms with Gasteiger partial charge in [0, 0.05) is 20.2 Å². The summed E-state index contributed by atoms with van der Waals surface area (Å²) in [6.07, 6.45) is -4.61. The second-order valence-corrected chi connectivity index (χ2v) is 8.03. The van der Waals surface area contributed by atoms with E-state index >= 15 is 0 Å². The molecule has 1 aromatic heterocycles. The SMILES string of the molecule is Cc1cc(C(F)(F)F)nc(N2C(=O)CS[C@@H]2c2c(Br)cccc2Br)n1. The predicted molar refractivity (Wildman–Crippen MR) is 96.3 cm³/mol. The summed E-state index contributed by atoms with van der Waals surface area (Å²) in [6.45, 7) is 1.44. The lowest BCUT2D eigenvalue weighted by Gasteiger charge is -2.25. The summed E-state index contributed by atoms with van der Waals surface area (Å²) in [5.41, 5.74) is -0.173. The molecule has 2 aromatic rings. The lowest BCUT2D eigenvalue weighted by atomic mass is 10.2. The van der Waals surface area contributed by atoms with Gasteiger partial charge in [-0.3, -0.25) is 9.69 Å². The molecule has 3 rings (SSSR count). The van der Waals surface area contributed by atoms with Crippen LogP contribution in [0.4, 0.5) is 19.1 Å². The first-order chi connectivity index (χ1) is 11.7. The number of hydrogen-bond acceptors (Lipinski definition) is 4. The first-order valence-electron chi connectivity index (χ1n) is 6.99. The molecule has 2 heterocycles. The van der Waals surface area contributed by atoms with E-state index in [1.165, 1.54) is 23.6 Å². The highest BCUT2D eigenvalue weighted by molar-refractivity contribution is 9.11. The molecule has 1 fully saturated rings. The molecular weight excluding hydrogens is 487 g/mol. The molecule has 1 saturated heterocycles. The molecule has 0 radical (unpaired) electrons. The highest BCUT2D eigenvalue weighted by atomic mass is 79.9. The Hall–Kier alpha value is -1.13. The number of alkyl halides is 3. The van der Waals surface area contributed by atoms with Gasteiger partial charge in [-0.15, -0.1) is 11.8 Å². The van der Waals surface area contributed by atoms with Crippen molar-refractivity contribution in [1.82, 2.24) is 9.97 Å². The van der Waals surface area contributed by atoms with Gasteiger partial charge in [0.2, 0.25) is 11.9 Å². The summed E-state index contributed by atoms with van der Waals surface area (Å²) < 4.78 is 40.7. The van der Waals surface area contributed by atoms with Gasteiger partial charge in [-0.1, -0.05) is 37.9 Å². The maximum atomic E-state index is 13.1. The number of hydrogen-bond donors (Lipinski definition) is 0. The normalized spacial score (nSPS) is 18.1. The second-order valence-electron chi connectivity index (χ2n) is 5.25. The number of rotatable bonds is 2. The fourth-order valence-corrected chi connectivity index (χ4v) is 5.36. The Labute approximate surface area is 162 Å². The van der Waals surface area contributed by atoms with Crippen LogP contribution in [0.2, 0.25) is 0 Å². The van der Waals surface area contributed by atoms with Gasteiger partial charge in [-0.05, 0) is 25.1 Å². The van der Waals surface area contributed by atoms with Gasteiger partial charge >= 0.3 is 6.18 Å². The maximum absolute atomic E-state index is 13.1. The molecule has 10 heteroatoms. The summed E-state index contributed by atoms with van der Waals surface area (Å²) in [7, 11) is 0. The zero-order valence-electron chi connectivity index (χ0n) is 12.6. The molecule has 0 saturated carbocycles. The van der Waals surface area contributed by atoms with Crippen LogP contribution >= 0.6 is 43.6 Å². The van der Waals surface area contributed by atoms with Gasteiger partial charge in [0.05, 0.1) is 5.75 Å². The average molecular weight is 497 g/mol. The molecule has 0 spiro atoms. The van der Waals surface area contributed by atoms with E-state index in [9.17, 15) is 18.0 Å². The summed E-state index contributed by atoms with van der Waals surface area (Å²) in [5.74, 6) is -0.441. The Balaban J connectivity index is 2.11. The molecule has 132 valence electrons. The molecule has 1 amide bonds. The van der Waals surface area contributed by atoms with Crippen LogP contribution in [0, 0.1) is 6.92 Å².